The second-order valence-electron chi connectivity index (χ2n) is 4.99. The standard InChI is InChI=1S/C15H21N3O2S/c1-2-6-16-14(19)12-17-7-4-8-18(10-9-17)15(20)13-5-3-11-21-13/h2-3,5,11H,1,4,6-10,12H2,(H,16,19). The van der Waals surface area contributed by atoms with Crippen molar-refractivity contribution < 1.29 is 9.59 Å². The minimum absolute atomic E-state index is 0.00735. The molecule has 2 rings (SSSR count). The number of hydrogen-bond acceptors (Lipinski definition) is 4. The Morgan fingerprint density at radius 1 is 1.33 bits per heavy atom. The van der Waals surface area contributed by atoms with Gasteiger partial charge >= 0.3 is 0 Å². The van der Waals surface area contributed by atoms with E-state index >= 15 is 0 Å². The fourth-order valence-corrected chi connectivity index (χ4v) is 3.02. The smallest absolute Gasteiger partial charge is 0.263 e. The molecule has 1 N–H and O–H groups in total. The third-order valence-corrected chi connectivity index (χ3v) is 4.28. The first-order chi connectivity index (χ1) is 10.2. The third-order valence-electron chi connectivity index (χ3n) is 3.42. The second kappa shape index (κ2) is 7.95. The van der Waals surface area contributed by atoms with Crippen LogP contribution in [0.25, 0.3) is 0 Å². The van der Waals surface area contributed by atoms with E-state index in [1.165, 1.54) is 11.3 Å². The van der Waals surface area contributed by atoms with Crippen LogP contribution >= 0.6 is 11.3 Å². The molecule has 0 aromatic carbocycles. The lowest BCUT2D eigenvalue weighted by atomic mass is 10.3. The lowest BCUT2D eigenvalue weighted by Gasteiger charge is -2.21. The summed E-state index contributed by atoms with van der Waals surface area (Å²) in [5.41, 5.74) is 0. The van der Waals surface area contributed by atoms with Crippen LogP contribution in [0.2, 0.25) is 0 Å². The number of thiophene rings is 1. The largest absolute Gasteiger partial charge is 0.352 e. The monoisotopic (exact) mass is 307 g/mol. The van der Waals surface area contributed by atoms with Gasteiger partial charge in [0.2, 0.25) is 5.91 Å². The van der Waals surface area contributed by atoms with E-state index in [1.807, 2.05) is 22.4 Å². The van der Waals surface area contributed by atoms with Crippen molar-refractivity contribution in [2.24, 2.45) is 0 Å². The van der Waals surface area contributed by atoms with Gasteiger partial charge in [-0.25, -0.2) is 0 Å². The van der Waals surface area contributed by atoms with Crippen LogP contribution < -0.4 is 5.32 Å². The van der Waals surface area contributed by atoms with Crippen LogP contribution in [0.1, 0.15) is 16.1 Å². The van der Waals surface area contributed by atoms with E-state index < -0.39 is 0 Å². The highest BCUT2D eigenvalue weighted by Gasteiger charge is 2.21. The summed E-state index contributed by atoms with van der Waals surface area (Å²) in [5, 5.41) is 4.70. The minimum atomic E-state index is 0.00735. The van der Waals surface area contributed by atoms with Crippen molar-refractivity contribution >= 4 is 23.2 Å². The average molecular weight is 307 g/mol. The maximum atomic E-state index is 12.3. The van der Waals surface area contributed by atoms with Crippen LogP contribution in [0, 0.1) is 0 Å². The van der Waals surface area contributed by atoms with Gasteiger partial charge in [0, 0.05) is 32.7 Å². The summed E-state index contributed by atoms with van der Waals surface area (Å²) < 4.78 is 0. The number of amides is 2. The molecule has 21 heavy (non-hydrogen) atoms. The molecule has 1 aliphatic heterocycles. The summed E-state index contributed by atoms with van der Waals surface area (Å²) in [5.74, 6) is 0.107. The molecule has 1 aromatic rings. The Kier molecular flexibility index (Phi) is 5.95. The Balaban J connectivity index is 1.83. The summed E-state index contributed by atoms with van der Waals surface area (Å²) in [6, 6.07) is 3.75. The predicted octanol–water partition coefficient (Wildman–Crippen LogP) is 1.20. The number of nitrogens with zero attached hydrogens (tertiary/aromatic N) is 2. The van der Waals surface area contributed by atoms with Gasteiger partial charge in [-0.3, -0.25) is 14.5 Å². The van der Waals surface area contributed by atoms with Gasteiger partial charge in [0.15, 0.2) is 0 Å². The van der Waals surface area contributed by atoms with Crippen LogP contribution in [0.5, 0.6) is 0 Å². The molecule has 0 spiro atoms. The minimum Gasteiger partial charge on any atom is -0.352 e. The highest BCUT2D eigenvalue weighted by atomic mass is 32.1. The van der Waals surface area contributed by atoms with E-state index in [0.29, 0.717) is 19.6 Å². The van der Waals surface area contributed by atoms with E-state index in [2.05, 4.69) is 16.8 Å². The van der Waals surface area contributed by atoms with Gasteiger partial charge in [0.05, 0.1) is 11.4 Å². The van der Waals surface area contributed by atoms with E-state index in [0.717, 1.165) is 30.9 Å². The molecule has 0 bridgehead atoms. The maximum Gasteiger partial charge on any atom is 0.263 e. The molecular formula is C15H21N3O2S. The normalized spacial score (nSPS) is 16.3. The zero-order chi connectivity index (χ0) is 15.1. The Bertz CT molecular complexity index is 487. The molecule has 6 heteroatoms. The Morgan fingerprint density at radius 3 is 2.90 bits per heavy atom. The summed E-state index contributed by atoms with van der Waals surface area (Å²) in [4.78, 5) is 28.8. The van der Waals surface area contributed by atoms with Gasteiger partial charge in [0.25, 0.3) is 5.91 Å². The molecule has 0 aliphatic carbocycles. The molecule has 114 valence electrons. The van der Waals surface area contributed by atoms with Crippen molar-refractivity contribution in [2.75, 3.05) is 39.3 Å². The number of carbonyl (C=O) groups excluding carboxylic acids is 2. The summed E-state index contributed by atoms with van der Waals surface area (Å²) in [6.07, 6.45) is 2.56. The van der Waals surface area contributed by atoms with Gasteiger partial charge in [0.1, 0.15) is 0 Å². The Hall–Kier alpha value is -1.66. The van der Waals surface area contributed by atoms with E-state index in [9.17, 15) is 9.59 Å². The lowest BCUT2D eigenvalue weighted by Crippen LogP contribution is -2.40. The van der Waals surface area contributed by atoms with Gasteiger partial charge in [-0.15, -0.1) is 17.9 Å². The van der Waals surface area contributed by atoms with Crippen molar-refractivity contribution in [2.45, 2.75) is 6.42 Å². The molecule has 1 fully saturated rings. The number of rotatable bonds is 5. The number of hydrogen-bond donors (Lipinski definition) is 1. The molecule has 1 aromatic heterocycles. The van der Waals surface area contributed by atoms with Gasteiger partial charge < -0.3 is 10.2 Å². The van der Waals surface area contributed by atoms with Crippen molar-refractivity contribution in [3.63, 3.8) is 0 Å². The zero-order valence-electron chi connectivity index (χ0n) is 12.1. The highest BCUT2D eigenvalue weighted by Crippen LogP contribution is 2.13. The van der Waals surface area contributed by atoms with Crippen molar-refractivity contribution in [1.29, 1.82) is 0 Å². The highest BCUT2D eigenvalue weighted by molar-refractivity contribution is 7.12. The van der Waals surface area contributed by atoms with Gasteiger partial charge in [-0.05, 0) is 17.9 Å². The van der Waals surface area contributed by atoms with Crippen molar-refractivity contribution in [3.05, 3.63) is 35.0 Å². The molecule has 2 heterocycles. The van der Waals surface area contributed by atoms with Crippen LogP contribution in [0.4, 0.5) is 0 Å². The fraction of sp³-hybridized carbons (Fsp3) is 0.467. The first-order valence-electron chi connectivity index (χ1n) is 7.13. The van der Waals surface area contributed by atoms with Gasteiger partial charge in [-0.2, -0.15) is 0 Å². The average Bonchev–Trinajstić information content (AvgIpc) is 2.92. The maximum absolute atomic E-state index is 12.3. The molecule has 5 nitrogen and oxygen atoms in total. The zero-order valence-corrected chi connectivity index (χ0v) is 12.9. The van der Waals surface area contributed by atoms with E-state index in [-0.39, 0.29) is 11.8 Å². The van der Waals surface area contributed by atoms with E-state index in [4.69, 9.17) is 0 Å². The van der Waals surface area contributed by atoms with Crippen LogP contribution in [0.3, 0.4) is 0 Å². The van der Waals surface area contributed by atoms with Gasteiger partial charge in [-0.1, -0.05) is 12.1 Å². The Labute approximate surface area is 129 Å². The fourth-order valence-electron chi connectivity index (χ4n) is 2.33. The number of carbonyl (C=O) groups is 2. The molecule has 1 aliphatic rings. The second-order valence-corrected chi connectivity index (χ2v) is 5.94. The summed E-state index contributed by atoms with van der Waals surface area (Å²) >= 11 is 1.47. The molecule has 0 radical (unpaired) electrons. The Morgan fingerprint density at radius 2 is 2.19 bits per heavy atom. The van der Waals surface area contributed by atoms with E-state index in [1.54, 1.807) is 6.08 Å². The van der Waals surface area contributed by atoms with Crippen molar-refractivity contribution in [3.8, 4) is 0 Å². The molecular weight excluding hydrogens is 286 g/mol. The number of nitrogens with one attached hydrogen (secondary N) is 1. The lowest BCUT2D eigenvalue weighted by molar-refractivity contribution is -0.122. The van der Waals surface area contributed by atoms with Crippen LogP contribution in [0.15, 0.2) is 30.2 Å². The first-order valence-corrected chi connectivity index (χ1v) is 8.01. The summed E-state index contributed by atoms with van der Waals surface area (Å²) in [6.45, 7) is 7.46. The summed E-state index contributed by atoms with van der Waals surface area (Å²) in [7, 11) is 0. The van der Waals surface area contributed by atoms with Crippen LogP contribution in [-0.2, 0) is 4.79 Å². The molecule has 2 amide bonds. The topological polar surface area (TPSA) is 52.7 Å². The molecule has 0 saturated carbocycles. The van der Waals surface area contributed by atoms with Crippen LogP contribution in [-0.4, -0.2) is 60.9 Å². The molecule has 1 saturated heterocycles. The third kappa shape index (κ3) is 4.68. The first kappa shape index (κ1) is 15.7. The predicted molar refractivity (Wildman–Crippen MR) is 84.5 cm³/mol. The van der Waals surface area contributed by atoms with Crippen molar-refractivity contribution in [1.82, 2.24) is 15.1 Å². The SMILES string of the molecule is C=CCNC(=O)CN1CCCN(C(=O)c2cccs2)CC1. The molecule has 0 unspecified atom stereocenters. The quantitative estimate of drug-likeness (QED) is 0.832. The molecule has 0 atom stereocenters.